The first-order valence-electron chi connectivity index (χ1n) is 9.55. The zero-order chi connectivity index (χ0) is 19.8. The lowest BCUT2D eigenvalue weighted by Crippen LogP contribution is -2.39. The van der Waals surface area contributed by atoms with E-state index >= 15 is 0 Å². The van der Waals surface area contributed by atoms with E-state index in [-0.39, 0.29) is 24.2 Å². The second-order valence-corrected chi connectivity index (χ2v) is 7.80. The number of nitro groups is 1. The molecule has 0 aliphatic carbocycles. The topological polar surface area (TPSA) is 84.7 Å². The largest absolute Gasteiger partial charge is 0.484 e. The monoisotopic (exact) mass is 403 g/mol. The third kappa shape index (κ3) is 5.77. The summed E-state index contributed by atoms with van der Waals surface area (Å²) in [6, 6.07) is 10.1. The third-order valence-corrected chi connectivity index (χ3v) is 5.84. The molecule has 0 spiro atoms. The molecule has 0 radical (unpaired) electrons. The second kappa shape index (κ2) is 10.2. The Morgan fingerprint density at radius 3 is 2.50 bits per heavy atom. The summed E-state index contributed by atoms with van der Waals surface area (Å²) in [7, 11) is 0. The van der Waals surface area contributed by atoms with Crippen LogP contribution in [0.2, 0.25) is 0 Å². The number of ether oxygens (including phenoxy) is 1. The van der Waals surface area contributed by atoms with Crippen molar-refractivity contribution in [3.63, 3.8) is 0 Å². The maximum absolute atomic E-state index is 12.3. The number of nitro benzene ring substituents is 1. The van der Waals surface area contributed by atoms with Crippen molar-refractivity contribution in [2.45, 2.75) is 31.7 Å². The number of carbonyl (C=O) groups excluding carboxylic acids is 1. The van der Waals surface area contributed by atoms with Crippen molar-refractivity contribution in [2.24, 2.45) is 0 Å². The van der Waals surface area contributed by atoms with Crippen molar-refractivity contribution in [1.29, 1.82) is 0 Å². The molecule has 1 unspecified atom stereocenters. The van der Waals surface area contributed by atoms with Gasteiger partial charge in [0, 0.05) is 23.6 Å². The molecule has 1 N–H and O–H groups in total. The van der Waals surface area contributed by atoms with Crippen LogP contribution in [0, 0.1) is 10.1 Å². The number of hydrogen-bond donors (Lipinski definition) is 1. The number of carbonyl (C=O) groups is 1. The van der Waals surface area contributed by atoms with E-state index in [1.54, 1.807) is 11.3 Å². The molecule has 2 heterocycles. The van der Waals surface area contributed by atoms with Gasteiger partial charge in [-0.3, -0.25) is 19.8 Å². The highest BCUT2D eigenvalue weighted by Crippen LogP contribution is 2.27. The highest BCUT2D eigenvalue weighted by molar-refractivity contribution is 7.10. The van der Waals surface area contributed by atoms with Crippen LogP contribution in [-0.2, 0) is 4.79 Å². The van der Waals surface area contributed by atoms with Gasteiger partial charge in [-0.2, -0.15) is 0 Å². The van der Waals surface area contributed by atoms with Gasteiger partial charge in [-0.1, -0.05) is 18.9 Å². The lowest BCUT2D eigenvalue weighted by molar-refractivity contribution is -0.384. The fourth-order valence-corrected chi connectivity index (χ4v) is 4.23. The highest BCUT2D eigenvalue weighted by Gasteiger charge is 2.23. The Balaban J connectivity index is 1.52. The van der Waals surface area contributed by atoms with Crippen LogP contribution in [0.4, 0.5) is 5.69 Å². The van der Waals surface area contributed by atoms with Crippen LogP contribution < -0.4 is 10.1 Å². The quantitative estimate of drug-likeness (QED) is 0.536. The maximum Gasteiger partial charge on any atom is 0.269 e. The molecule has 8 heteroatoms. The minimum absolute atomic E-state index is 0.00644. The first-order valence-corrected chi connectivity index (χ1v) is 10.4. The minimum atomic E-state index is -0.468. The van der Waals surface area contributed by atoms with E-state index in [1.807, 2.05) is 6.07 Å². The van der Waals surface area contributed by atoms with Crippen LogP contribution in [0.5, 0.6) is 5.75 Å². The van der Waals surface area contributed by atoms with Crippen LogP contribution in [0.25, 0.3) is 0 Å². The molecule has 28 heavy (non-hydrogen) atoms. The predicted octanol–water partition coefficient (Wildman–Crippen LogP) is 3.77. The number of hydrogen-bond acceptors (Lipinski definition) is 6. The number of thiophene rings is 1. The van der Waals surface area contributed by atoms with Crippen molar-refractivity contribution < 1.29 is 14.5 Å². The highest BCUT2D eigenvalue weighted by atomic mass is 32.1. The zero-order valence-electron chi connectivity index (χ0n) is 15.7. The van der Waals surface area contributed by atoms with E-state index < -0.39 is 4.92 Å². The van der Waals surface area contributed by atoms with Gasteiger partial charge in [0.05, 0.1) is 11.0 Å². The first kappa shape index (κ1) is 20.3. The number of non-ortho nitro benzene ring substituents is 1. The normalized spacial score (nSPS) is 16.1. The predicted molar refractivity (Wildman–Crippen MR) is 109 cm³/mol. The van der Waals surface area contributed by atoms with Gasteiger partial charge in [0.1, 0.15) is 5.75 Å². The molecular formula is C20H25N3O4S. The summed E-state index contributed by atoms with van der Waals surface area (Å²) in [6.07, 6.45) is 4.92. The summed E-state index contributed by atoms with van der Waals surface area (Å²) < 4.78 is 5.45. The molecule has 1 aliphatic heterocycles. The first-order chi connectivity index (χ1) is 13.6. The fraction of sp³-hybridized carbons (Fsp3) is 0.450. The summed E-state index contributed by atoms with van der Waals surface area (Å²) >= 11 is 1.72. The molecule has 0 saturated carbocycles. The van der Waals surface area contributed by atoms with E-state index in [0.29, 0.717) is 12.3 Å². The smallest absolute Gasteiger partial charge is 0.269 e. The summed E-state index contributed by atoms with van der Waals surface area (Å²) in [5.74, 6) is 0.234. The second-order valence-electron chi connectivity index (χ2n) is 6.83. The lowest BCUT2D eigenvalue weighted by Gasteiger charge is -2.30. The van der Waals surface area contributed by atoms with Crippen LogP contribution in [-0.4, -0.2) is 42.0 Å². The average Bonchev–Trinajstić information content (AvgIpc) is 3.09. The summed E-state index contributed by atoms with van der Waals surface area (Å²) in [4.78, 5) is 26.2. The van der Waals surface area contributed by atoms with E-state index in [2.05, 4.69) is 21.7 Å². The van der Waals surface area contributed by atoms with Crippen LogP contribution >= 0.6 is 11.3 Å². The lowest BCUT2D eigenvalue weighted by atomic mass is 10.2. The Hall–Kier alpha value is -2.45. The molecule has 1 fully saturated rings. The van der Waals surface area contributed by atoms with Crippen molar-refractivity contribution in [3.8, 4) is 5.75 Å². The molecule has 7 nitrogen and oxygen atoms in total. The number of benzene rings is 1. The molecule has 1 atom stereocenters. The average molecular weight is 404 g/mol. The fourth-order valence-electron chi connectivity index (χ4n) is 3.37. The molecule has 1 amide bonds. The molecule has 1 saturated heterocycles. The summed E-state index contributed by atoms with van der Waals surface area (Å²) in [5.41, 5.74) is -0.00644. The Labute approximate surface area is 168 Å². The summed E-state index contributed by atoms with van der Waals surface area (Å²) in [6.45, 7) is 2.54. The Bertz CT molecular complexity index is 756. The van der Waals surface area contributed by atoms with E-state index in [0.717, 1.165) is 13.1 Å². The number of nitrogens with one attached hydrogen (secondary N) is 1. The molecule has 150 valence electrons. The summed E-state index contributed by atoms with van der Waals surface area (Å²) in [5, 5.41) is 15.7. The van der Waals surface area contributed by atoms with Gasteiger partial charge in [0.2, 0.25) is 0 Å². The molecule has 1 aliphatic rings. The molecular weight excluding hydrogens is 378 g/mol. The van der Waals surface area contributed by atoms with Crippen LogP contribution in [0.1, 0.15) is 36.6 Å². The number of rotatable bonds is 8. The van der Waals surface area contributed by atoms with Gasteiger partial charge in [-0.15, -0.1) is 11.3 Å². The van der Waals surface area contributed by atoms with Crippen molar-refractivity contribution in [1.82, 2.24) is 10.2 Å². The number of nitrogens with zero attached hydrogens (tertiary/aromatic N) is 2. The molecule has 2 aromatic rings. The molecule has 1 aromatic carbocycles. The van der Waals surface area contributed by atoms with Gasteiger partial charge in [0.15, 0.2) is 6.61 Å². The van der Waals surface area contributed by atoms with Gasteiger partial charge >= 0.3 is 0 Å². The van der Waals surface area contributed by atoms with Gasteiger partial charge in [0.25, 0.3) is 11.6 Å². The Kier molecular flexibility index (Phi) is 7.39. The molecule has 3 rings (SSSR count). The van der Waals surface area contributed by atoms with E-state index in [1.165, 1.54) is 54.8 Å². The SMILES string of the molecule is O=C(COc1ccc([N+](=O)[O-])cc1)NCC(c1cccs1)N1CCCCCC1. The van der Waals surface area contributed by atoms with Gasteiger partial charge in [-0.05, 0) is 49.5 Å². The van der Waals surface area contributed by atoms with Gasteiger partial charge in [-0.25, -0.2) is 0 Å². The van der Waals surface area contributed by atoms with Crippen molar-refractivity contribution in [2.75, 3.05) is 26.2 Å². The number of likely N-dealkylation sites (tertiary alicyclic amines) is 1. The maximum atomic E-state index is 12.3. The van der Waals surface area contributed by atoms with Crippen molar-refractivity contribution in [3.05, 3.63) is 56.8 Å². The Morgan fingerprint density at radius 2 is 1.89 bits per heavy atom. The van der Waals surface area contributed by atoms with Crippen LogP contribution in [0.15, 0.2) is 41.8 Å². The van der Waals surface area contributed by atoms with Crippen molar-refractivity contribution >= 4 is 22.9 Å². The van der Waals surface area contributed by atoms with Gasteiger partial charge < -0.3 is 10.1 Å². The van der Waals surface area contributed by atoms with Crippen LogP contribution in [0.3, 0.4) is 0 Å². The molecule has 0 bridgehead atoms. The molecule has 1 aromatic heterocycles. The Morgan fingerprint density at radius 1 is 1.18 bits per heavy atom. The van der Waals surface area contributed by atoms with E-state index in [9.17, 15) is 14.9 Å². The van der Waals surface area contributed by atoms with E-state index in [4.69, 9.17) is 4.74 Å². The third-order valence-electron chi connectivity index (χ3n) is 4.86. The zero-order valence-corrected chi connectivity index (χ0v) is 16.5. The minimum Gasteiger partial charge on any atom is -0.484 e. The standard InChI is InChI=1S/C20H25N3O4S/c24-20(15-27-17-9-7-16(8-10-17)23(25)26)21-14-18(19-6-5-13-28-19)22-11-3-1-2-4-12-22/h5-10,13,18H,1-4,11-12,14-15H2,(H,21,24). The number of amides is 1.